The van der Waals surface area contributed by atoms with Crippen LogP contribution in [0.5, 0.6) is 0 Å². The fourth-order valence-electron chi connectivity index (χ4n) is 1.43. The molecule has 0 aliphatic heterocycles. The topological polar surface area (TPSA) is 104 Å². The van der Waals surface area contributed by atoms with Gasteiger partial charge in [0.05, 0.1) is 17.6 Å². The van der Waals surface area contributed by atoms with Crippen molar-refractivity contribution in [1.29, 1.82) is 0 Å². The molecule has 0 saturated carbocycles. The van der Waals surface area contributed by atoms with Crippen molar-refractivity contribution in [3.05, 3.63) is 39.9 Å². The fourth-order valence-corrected chi connectivity index (χ4v) is 1.69. The summed E-state index contributed by atoms with van der Waals surface area (Å²) < 4.78 is 0. The lowest BCUT2D eigenvalue weighted by Crippen LogP contribution is -2.45. The summed E-state index contributed by atoms with van der Waals surface area (Å²) in [6.45, 7) is 1.75. The molecule has 0 aromatic heterocycles. The highest BCUT2D eigenvalue weighted by molar-refractivity contribution is 7.80. The number of nitro groups is 1. The van der Waals surface area contributed by atoms with Crippen LogP contribution in [0.1, 0.15) is 23.7 Å². The van der Waals surface area contributed by atoms with Crippen molar-refractivity contribution in [3.63, 3.8) is 0 Å². The van der Waals surface area contributed by atoms with Crippen molar-refractivity contribution in [2.45, 2.75) is 19.4 Å². The molecule has 8 heteroatoms. The first-order chi connectivity index (χ1) is 9.47. The molecule has 1 aromatic carbocycles. The molecule has 0 radical (unpaired) electrons. The lowest BCUT2D eigenvalue weighted by atomic mass is 10.2. The number of non-ortho nitro benzene ring substituents is 1. The Kier molecular flexibility index (Phi) is 6.01. The van der Waals surface area contributed by atoms with Crippen LogP contribution in [-0.2, 0) is 0 Å². The zero-order valence-electron chi connectivity index (χ0n) is 10.8. The molecule has 0 aliphatic rings. The van der Waals surface area contributed by atoms with E-state index in [-0.39, 0.29) is 29.0 Å². The Bertz CT molecular complexity index is 517. The third-order valence-electron chi connectivity index (χ3n) is 2.59. The van der Waals surface area contributed by atoms with Gasteiger partial charge >= 0.3 is 0 Å². The second-order valence-electron chi connectivity index (χ2n) is 4.02. The Morgan fingerprint density at radius 2 is 2.25 bits per heavy atom. The minimum Gasteiger partial charge on any atom is -0.394 e. The predicted octanol–water partition coefficient (Wildman–Crippen LogP) is 0.970. The van der Waals surface area contributed by atoms with Gasteiger partial charge < -0.3 is 10.4 Å². The van der Waals surface area contributed by atoms with Crippen molar-refractivity contribution in [3.8, 4) is 0 Å². The maximum atomic E-state index is 11.9. The number of carbonyl (C=O) groups is 1. The number of hydrogen-bond donors (Lipinski definition) is 3. The van der Waals surface area contributed by atoms with E-state index in [0.717, 1.165) is 0 Å². The van der Waals surface area contributed by atoms with Gasteiger partial charge in [0.15, 0.2) is 5.11 Å². The number of rotatable bonds is 5. The summed E-state index contributed by atoms with van der Waals surface area (Å²) in [5.41, 5.74) is -0.0290. The van der Waals surface area contributed by atoms with Crippen molar-refractivity contribution < 1.29 is 14.8 Å². The highest BCUT2D eigenvalue weighted by Crippen LogP contribution is 2.12. The minimum absolute atomic E-state index is 0.0717. The van der Waals surface area contributed by atoms with Gasteiger partial charge in [-0.15, -0.1) is 0 Å². The molecule has 0 spiro atoms. The normalized spacial score (nSPS) is 11.5. The van der Waals surface area contributed by atoms with Crippen LogP contribution in [0.2, 0.25) is 0 Å². The molecule has 0 aliphatic carbocycles. The predicted molar refractivity (Wildman–Crippen MR) is 77.5 cm³/mol. The number of benzene rings is 1. The molecule has 1 rings (SSSR count). The Morgan fingerprint density at radius 1 is 1.55 bits per heavy atom. The summed E-state index contributed by atoms with van der Waals surface area (Å²) in [5.74, 6) is -0.543. The summed E-state index contributed by atoms with van der Waals surface area (Å²) >= 11 is 4.94. The standard InChI is InChI=1S/C12H15N3O4S/c1-2-9(7-16)13-12(20)14-11(17)8-4-3-5-10(6-8)15(18)19/h3-6,9,16H,2,7H2,1H3,(H2,13,14,17,20). The molecule has 108 valence electrons. The molecule has 20 heavy (non-hydrogen) atoms. The summed E-state index contributed by atoms with van der Waals surface area (Å²) in [4.78, 5) is 21.9. The molecule has 1 amide bonds. The van der Waals surface area contributed by atoms with Crippen molar-refractivity contribution in [2.24, 2.45) is 0 Å². The van der Waals surface area contributed by atoms with E-state index in [1.54, 1.807) is 0 Å². The largest absolute Gasteiger partial charge is 0.394 e. The van der Waals surface area contributed by atoms with Crippen LogP contribution in [0.15, 0.2) is 24.3 Å². The zero-order valence-corrected chi connectivity index (χ0v) is 11.6. The molecule has 7 nitrogen and oxygen atoms in total. The Hall–Kier alpha value is -2.06. The number of thiocarbonyl (C=S) groups is 1. The zero-order chi connectivity index (χ0) is 15.1. The lowest BCUT2D eigenvalue weighted by Gasteiger charge is -2.16. The van der Waals surface area contributed by atoms with Gasteiger partial charge in [0.25, 0.3) is 11.6 Å². The maximum absolute atomic E-state index is 11.9. The number of nitro benzene ring substituents is 1. The first-order valence-corrected chi connectivity index (χ1v) is 6.36. The summed E-state index contributed by atoms with van der Waals surface area (Å²) in [6, 6.07) is 5.10. The maximum Gasteiger partial charge on any atom is 0.270 e. The first kappa shape index (κ1) is 16.0. The number of nitrogens with zero attached hydrogens (tertiary/aromatic N) is 1. The molecular weight excluding hydrogens is 282 g/mol. The number of aliphatic hydroxyl groups is 1. The molecular formula is C12H15N3O4S. The van der Waals surface area contributed by atoms with Crippen LogP contribution >= 0.6 is 12.2 Å². The molecule has 0 bridgehead atoms. The van der Waals surface area contributed by atoms with Crippen molar-refractivity contribution >= 4 is 28.9 Å². The monoisotopic (exact) mass is 297 g/mol. The van der Waals surface area contributed by atoms with Gasteiger partial charge in [-0.25, -0.2) is 0 Å². The number of amides is 1. The molecule has 3 N–H and O–H groups in total. The molecule has 1 aromatic rings. The van der Waals surface area contributed by atoms with Crippen LogP contribution in [0, 0.1) is 10.1 Å². The van der Waals surface area contributed by atoms with E-state index in [0.29, 0.717) is 6.42 Å². The highest BCUT2D eigenvalue weighted by atomic mass is 32.1. The molecule has 0 fully saturated rings. The van der Waals surface area contributed by atoms with Crippen LogP contribution < -0.4 is 10.6 Å². The van der Waals surface area contributed by atoms with Crippen LogP contribution in [0.4, 0.5) is 5.69 Å². The van der Waals surface area contributed by atoms with E-state index < -0.39 is 10.8 Å². The number of aliphatic hydroxyl groups excluding tert-OH is 1. The Labute approximate surface area is 121 Å². The average Bonchev–Trinajstić information content (AvgIpc) is 2.44. The molecule has 0 heterocycles. The summed E-state index contributed by atoms with van der Waals surface area (Å²) in [6.07, 6.45) is 0.642. The second-order valence-corrected chi connectivity index (χ2v) is 4.43. The van der Waals surface area contributed by atoms with Gasteiger partial charge in [-0.05, 0) is 24.7 Å². The van der Waals surface area contributed by atoms with Crippen LogP contribution in [0.25, 0.3) is 0 Å². The van der Waals surface area contributed by atoms with E-state index >= 15 is 0 Å². The number of carbonyl (C=O) groups excluding carboxylic acids is 1. The van der Waals surface area contributed by atoms with E-state index in [9.17, 15) is 14.9 Å². The van der Waals surface area contributed by atoms with E-state index in [4.69, 9.17) is 17.3 Å². The smallest absolute Gasteiger partial charge is 0.270 e. The van der Waals surface area contributed by atoms with Crippen LogP contribution in [-0.4, -0.2) is 33.7 Å². The van der Waals surface area contributed by atoms with Crippen molar-refractivity contribution in [2.75, 3.05) is 6.61 Å². The third-order valence-corrected chi connectivity index (χ3v) is 2.81. The van der Waals surface area contributed by atoms with Gasteiger partial charge in [-0.2, -0.15) is 0 Å². The van der Waals surface area contributed by atoms with Gasteiger partial charge in [0.2, 0.25) is 0 Å². The van der Waals surface area contributed by atoms with E-state index in [2.05, 4.69) is 10.6 Å². The highest BCUT2D eigenvalue weighted by Gasteiger charge is 2.13. The van der Waals surface area contributed by atoms with Gasteiger partial charge in [0, 0.05) is 17.7 Å². The van der Waals surface area contributed by atoms with Gasteiger partial charge in [0.1, 0.15) is 0 Å². The average molecular weight is 297 g/mol. The molecule has 1 atom stereocenters. The second kappa shape index (κ2) is 7.51. The van der Waals surface area contributed by atoms with Gasteiger partial charge in [-0.3, -0.25) is 20.2 Å². The fraction of sp³-hybridized carbons (Fsp3) is 0.333. The van der Waals surface area contributed by atoms with E-state index in [1.807, 2.05) is 6.92 Å². The SMILES string of the molecule is CCC(CO)NC(=S)NC(=O)c1cccc([N+](=O)[O-])c1. The van der Waals surface area contributed by atoms with Gasteiger partial charge in [-0.1, -0.05) is 13.0 Å². The summed E-state index contributed by atoms with van der Waals surface area (Å²) in [7, 11) is 0. The molecule has 1 unspecified atom stereocenters. The minimum atomic E-state index is -0.577. The Balaban J connectivity index is 2.69. The Morgan fingerprint density at radius 3 is 2.80 bits per heavy atom. The lowest BCUT2D eigenvalue weighted by molar-refractivity contribution is -0.384. The number of nitrogens with one attached hydrogen (secondary N) is 2. The third kappa shape index (κ3) is 4.56. The quantitative estimate of drug-likeness (QED) is 0.425. The summed E-state index contributed by atoms with van der Waals surface area (Å²) in [5, 5.41) is 24.9. The van der Waals surface area contributed by atoms with Crippen molar-refractivity contribution in [1.82, 2.24) is 10.6 Å². The van der Waals surface area contributed by atoms with E-state index in [1.165, 1.54) is 24.3 Å². The molecule has 0 saturated heterocycles. The van der Waals surface area contributed by atoms with Crippen LogP contribution in [0.3, 0.4) is 0 Å². The number of hydrogen-bond acceptors (Lipinski definition) is 5. The first-order valence-electron chi connectivity index (χ1n) is 5.95.